The van der Waals surface area contributed by atoms with Crippen LogP contribution in [-0.4, -0.2) is 0 Å². The predicted molar refractivity (Wildman–Crippen MR) is 70.8 cm³/mol. The molecule has 0 aromatic heterocycles. The van der Waals surface area contributed by atoms with Crippen molar-refractivity contribution in [2.45, 2.75) is 44.4 Å². The predicted octanol–water partition coefficient (Wildman–Crippen LogP) is 4.77. The SMILES string of the molecule is CC1=Cc2cc3c(c(Br)c2C1)C1CCC3C1. The Labute approximate surface area is 105 Å². The molecule has 3 aliphatic rings. The van der Waals surface area contributed by atoms with Gasteiger partial charge in [0, 0.05) is 4.47 Å². The second-order valence-corrected chi connectivity index (χ2v) is 6.43. The highest BCUT2D eigenvalue weighted by Crippen LogP contribution is 2.56. The molecule has 0 heterocycles. The van der Waals surface area contributed by atoms with Gasteiger partial charge in [-0.3, -0.25) is 0 Å². The number of halogens is 1. The first-order valence-corrected chi connectivity index (χ1v) is 7.05. The van der Waals surface area contributed by atoms with Gasteiger partial charge in [0.2, 0.25) is 0 Å². The van der Waals surface area contributed by atoms with Crippen LogP contribution in [0.2, 0.25) is 0 Å². The first-order chi connectivity index (χ1) is 7.74. The molecule has 1 saturated carbocycles. The van der Waals surface area contributed by atoms with Crippen LogP contribution in [-0.2, 0) is 6.42 Å². The monoisotopic (exact) mass is 274 g/mol. The van der Waals surface area contributed by atoms with Gasteiger partial charge in [-0.25, -0.2) is 0 Å². The van der Waals surface area contributed by atoms with Crippen molar-refractivity contribution in [3.8, 4) is 0 Å². The van der Waals surface area contributed by atoms with Crippen LogP contribution in [0.3, 0.4) is 0 Å². The van der Waals surface area contributed by atoms with Gasteiger partial charge in [-0.2, -0.15) is 0 Å². The van der Waals surface area contributed by atoms with Crippen molar-refractivity contribution in [1.82, 2.24) is 0 Å². The normalized spacial score (nSPS) is 29.2. The molecule has 1 aromatic carbocycles. The minimum Gasteiger partial charge on any atom is -0.0683 e. The lowest BCUT2D eigenvalue weighted by atomic mass is 9.88. The van der Waals surface area contributed by atoms with E-state index in [1.807, 2.05) is 0 Å². The number of benzene rings is 1. The molecule has 1 heteroatoms. The highest BCUT2D eigenvalue weighted by atomic mass is 79.9. The molecule has 0 amide bonds. The van der Waals surface area contributed by atoms with Crippen molar-refractivity contribution in [3.05, 3.63) is 38.4 Å². The fraction of sp³-hybridized carbons (Fsp3) is 0.467. The Balaban J connectivity index is 1.99. The second kappa shape index (κ2) is 3.01. The molecule has 1 fully saturated rings. The molecule has 2 bridgehead atoms. The van der Waals surface area contributed by atoms with Gasteiger partial charge in [0.1, 0.15) is 0 Å². The molecule has 0 N–H and O–H groups in total. The summed E-state index contributed by atoms with van der Waals surface area (Å²) >= 11 is 3.88. The molecular weight excluding hydrogens is 260 g/mol. The minimum atomic E-state index is 0.862. The zero-order valence-electron chi connectivity index (χ0n) is 9.52. The van der Waals surface area contributed by atoms with Crippen LogP contribution in [0.25, 0.3) is 6.08 Å². The zero-order chi connectivity index (χ0) is 10.9. The first-order valence-electron chi connectivity index (χ1n) is 6.26. The fourth-order valence-corrected chi connectivity index (χ4v) is 4.85. The van der Waals surface area contributed by atoms with E-state index in [4.69, 9.17) is 0 Å². The van der Waals surface area contributed by atoms with E-state index in [9.17, 15) is 0 Å². The Hall–Kier alpha value is -0.560. The Morgan fingerprint density at radius 3 is 2.94 bits per heavy atom. The lowest BCUT2D eigenvalue weighted by molar-refractivity contribution is 0.713. The summed E-state index contributed by atoms with van der Waals surface area (Å²) in [6.07, 6.45) is 7.78. The van der Waals surface area contributed by atoms with Crippen LogP contribution in [0, 0.1) is 0 Å². The van der Waals surface area contributed by atoms with Crippen molar-refractivity contribution in [3.63, 3.8) is 0 Å². The van der Waals surface area contributed by atoms with Gasteiger partial charge in [0.15, 0.2) is 0 Å². The number of fused-ring (bicyclic) bond motifs is 6. The number of rotatable bonds is 0. The Morgan fingerprint density at radius 1 is 1.25 bits per heavy atom. The summed E-state index contributed by atoms with van der Waals surface area (Å²) < 4.78 is 1.44. The summed E-state index contributed by atoms with van der Waals surface area (Å²) in [6, 6.07) is 2.48. The molecule has 0 saturated heterocycles. The zero-order valence-corrected chi connectivity index (χ0v) is 11.1. The lowest BCUT2D eigenvalue weighted by Gasteiger charge is -2.19. The summed E-state index contributed by atoms with van der Waals surface area (Å²) in [6.45, 7) is 2.24. The van der Waals surface area contributed by atoms with Gasteiger partial charge in [-0.15, -0.1) is 0 Å². The van der Waals surface area contributed by atoms with Crippen LogP contribution < -0.4 is 0 Å². The molecule has 2 unspecified atom stereocenters. The molecule has 3 aliphatic carbocycles. The molecule has 4 rings (SSSR count). The van der Waals surface area contributed by atoms with Crippen LogP contribution >= 0.6 is 15.9 Å². The van der Waals surface area contributed by atoms with Gasteiger partial charge in [0.05, 0.1) is 0 Å². The standard InChI is InChI=1S/C15H15Br/c1-8-4-11-7-12-9-2-3-10(6-9)14(12)15(16)13(11)5-8/h4,7,9-10H,2-3,5-6H2,1H3. The van der Waals surface area contributed by atoms with Crippen LogP contribution in [0.1, 0.15) is 60.3 Å². The maximum absolute atomic E-state index is 3.88. The number of hydrogen-bond acceptors (Lipinski definition) is 0. The topological polar surface area (TPSA) is 0 Å². The van der Waals surface area contributed by atoms with Crippen molar-refractivity contribution in [1.29, 1.82) is 0 Å². The first kappa shape index (κ1) is 9.47. The molecule has 0 nitrogen and oxygen atoms in total. The summed E-state index contributed by atoms with van der Waals surface area (Å²) in [5.74, 6) is 1.73. The summed E-state index contributed by atoms with van der Waals surface area (Å²) in [5.41, 5.74) is 7.86. The average molecular weight is 275 g/mol. The molecule has 82 valence electrons. The Bertz CT molecular complexity index is 525. The van der Waals surface area contributed by atoms with Crippen molar-refractivity contribution in [2.24, 2.45) is 0 Å². The largest absolute Gasteiger partial charge is 0.0683 e. The van der Waals surface area contributed by atoms with Crippen molar-refractivity contribution < 1.29 is 0 Å². The molecular formula is C15H15Br. The molecule has 0 spiro atoms. The molecule has 16 heavy (non-hydrogen) atoms. The number of hydrogen-bond donors (Lipinski definition) is 0. The number of allylic oxidation sites excluding steroid dienone is 1. The smallest absolute Gasteiger partial charge is 0.0254 e. The van der Waals surface area contributed by atoms with E-state index in [0.29, 0.717) is 0 Å². The van der Waals surface area contributed by atoms with E-state index in [0.717, 1.165) is 18.3 Å². The third-order valence-corrected chi connectivity index (χ3v) is 5.52. The van der Waals surface area contributed by atoms with E-state index in [-0.39, 0.29) is 0 Å². The van der Waals surface area contributed by atoms with Gasteiger partial charge in [-0.1, -0.05) is 33.6 Å². The average Bonchev–Trinajstić information content (AvgIpc) is 2.90. The van der Waals surface area contributed by atoms with Gasteiger partial charge in [-0.05, 0) is 66.7 Å². The van der Waals surface area contributed by atoms with E-state index in [2.05, 4.69) is 35.0 Å². The van der Waals surface area contributed by atoms with E-state index >= 15 is 0 Å². The van der Waals surface area contributed by atoms with Gasteiger partial charge >= 0.3 is 0 Å². The van der Waals surface area contributed by atoms with Gasteiger partial charge in [0.25, 0.3) is 0 Å². The minimum absolute atomic E-state index is 0.862. The third kappa shape index (κ3) is 1.05. The molecule has 2 atom stereocenters. The van der Waals surface area contributed by atoms with E-state index < -0.39 is 0 Å². The van der Waals surface area contributed by atoms with Crippen LogP contribution in [0.15, 0.2) is 16.1 Å². The second-order valence-electron chi connectivity index (χ2n) is 5.64. The molecule has 1 aromatic rings. The van der Waals surface area contributed by atoms with Crippen molar-refractivity contribution >= 4 is 22.0 Å². The van der Waals surface area contributed by atoms with E-state index in [1.54, 1.807) is 16.7 Å². The Kier molecular flexibility index (Phi) is 1.78. The molecule has 0 aliphatic heterocycles. The van der Waals surface area contributed by atoms with Gasteiger partial charge < -0.3 is 0 Å². The van der Waals surface area contributed by atoms with Crippen LogP contribution in [0.4, 0.5) is 0 Å². The summed E-state index contributed by atoms with van der Waals surface area (Å²) in [7, 11) is 0. The Morgan fingerprint density at radius 2 is 2.06 bits per heavy atom. The highest BCUT2D eigenvalue weighted by Gasteiger charge is 2.39. The van der Waals surface area contributed by atoms with E-state index in [1.165, 1.54) is 34.9 Å². The van der Waals surface area contributed by atoms with Crippen molar-refractivity contribution in [2.75, 3.05) is 0 Å². The molecule has 0 radical (unpaired) electrons. The third-order valence-electron chi connectivity index (χ3n) is 4.61. The summed E-state index contributed by atoms with van der Waals surface area (Å²) in [5, 5.41) is 0. The lowest BCUT2D eigenvalue weighted by Crippen LogP contribution is -2.02. The fourth-order valence-electron chi connectivity index (χ4n) is 3.93. The maximum atomic E-state index is 3.88. The summed E-state index contributed by atoms with van der Waals surface area (Å²) in [4.78, 5) is 0. The highest BCUT2D eigenvalue weighted by molar-refractivity contribution is 9.10. The quantitative estimate of drug-likeness (QED) is 0.639. The van der Waals surface area contributed by atoms with Crippen LogP contribution in [0.5, 0.6) is 0 Å². The maximum Gasteiger partial charge on any atom is 0.0254 e.